The Bertz CT molecular complexity index is 246. The van der Waals surface area contributed by atoms with Crippen LogP contribution in [0.15, 0.2) is 18.3 Å². The number of aryl methyl sites for hydroxylation is 1. The molecule has 1 rings (SSSR count). The molecule has 0 radical (unpaired) electrons. The average Bonchev–Trinajstić information content (AvgIpc) is 2.55. The molecule has 1 heterocycles. The molecular weight excluding hydrogens is 185 g/mol. The highest BCUT2D eigenvalue weighted by molar-refractivity contribution is 7.37. The molecule has 13 heavy (non-hydrogen) atoms. The zero-order chi connectivity index (χ0) is 9.52. The highest BCUT2D eigenvalue weighted by Crippen LogP contribution is 2.16. The number of hydrogen-bond acceptors (Lipinski definition) is 1. The van der Waals surface area contributed by atoms with Crippen molar-refractivity contribution < 1.29 is 9.46 Å². The van der Waals surface area contributed by atoms with E-state index in [0.717, 1.165) is 25.7 Å². The van der Waals surface area contributed by atoms with Crippen molar-refractivity contribution in [3.8, 4) is 0 Å². The first-order valence-corrected chi connectivity index (χ1v) is 5.94. The maximum atomic E-state index is 10.3. The molecule has 0 fully saturated rings. The lowest BCUT2D eigenvalue weighted by atomic mass is 10.2. The van der Waals surface area contributed by atoms with Gasteiger partial charge in [-0.3, -0.25) is 0 Å². The van der Waals surface area contributed by atoms with Crippen LogP contribution in [0, 0.1) is 0 Å². The quantitative estimate of drug-likeness (QED) is 0.547. The third-order valence-corrected chi connectivity index (χ3v) is 2.66. The summed E-state index contributed by atoms with van der Waals surface area (Å²) in [5.74, 6) is 0. The summed E-state index contributed by atoms with van der Waals surface area (Å²) in [5.41, 5.74) is 1.24. The van der Waals surface area contributed by atoms with Crippen LogP contribution in [-0.2, 0) is 11.0 Å². The second-order valence-corrected chi connectivity index (χ2v) is 4.23. The summed E-state index contributed by atoms with van der Waals surface area (Å²) in [6, 6.07) is 4.05. The normalized spacial score (nSPS) is 11.6. The van der Waals surface area contributed by atoms with Gasteiger partial charge in [0.05, 0.1) is 0 Å². The Labute approximate surface area is 79.1 Å². The topological polar surface area (TPSA) is 53.1 Å². The van der Waals surface area contributed by atoms with Gasteiger partial charge in [-0.2, -0.15) is 4.89 Å². The highest BCUT2D eigenvalue weighted by Gasteiger charge is 2.07. The fraction of sp³-hybridized carbons (Fsp3) is 0.556. The maximum absolute atomic E-state index is 10.3. The second kappa shape index (κ2) is 5.90. The molecule has 72 valence electrons. The van der Waals surface area contributed by atoms with Crippen LogP contribution >= 0.6 is 8.03 Å². The van der Waals surface area contributed by atoms with E-state index in [1.807, 2.05) is 12.3 Å². The van der Waals surface area contributed by atoms with Crippen LogP contribution in [0.25, 0.3) is 0 Å². The van der Waals surface area contributed by atoms with Gasteiger partial charge in [-0.15, -0.1) is 0 Å². The van der Waals surface area contributed by atoms with Crippen LogP contribution in [0.3, 0.4) is 0 Å². The van der Waals surface area contributed by atoms with Gasteiger partial charge in [-0.05, 0) is 42.4 Å². The fourth-order valence-electron chi connectivity index (χ4n) is 1.26. The van der Waals surface area contributed by atoms with Crippen LogP contribution in [-0.4, -0.2) is 16.0 Å². The second-order valence-electron chi connectivity index (χ2n) is 3.08. The van der Waals surface area contributed by atoms with Crippen molar-refractivity contribution in [2.24, 2.45) is 0 Å². The number of nitrogens with one attached hydrogen (secondary N) is 1. The largest absolute Gasteiger partial charge is 0.505 e. The number of hydrogen-bond donors (Lipinski definition) is 2. The number of aromatic nitrogens is 1. The third kappa shape index (κ3) is 4.81. The molecule has 0 bridgehead atoms. The van der Waals surface area contributed by atoms with Crippen molar-refractivity contribution >= 4 is 8.03 Å². The number of unbranched alkanes of at least 4 members (excludes halogenated alkanes) is 2. The Hall–Kier alpha value is -0.660. The molecule has 0 spiro atoms. The summed E-state index contributed by atoms with van der Waals surface area (Å²) in [6.07, 6.45) is 6.37. The van der Waals surface area contributed by atoms with E-state index in [4.69, 9.17) is 4.89 Å². The van der Waals surface area contributed by atoms with E-state index in [0.29, 0.717) is 6.16 Å². The maximum Gasteiger partial charge on any atom is 0.505 e. The Morgan fingerprint density at radius 2 is 2.23 bits per heavy atom. The smallest absolute Gasteiger partial charge is 0.365 e. The Kier molecular flexibility index (Phi) is 4.73. The molecular formula is C9H15NO2P+. The molecule has 4 heteroatoms. The van der Waals surface area contributed by atoms with E-state index >= 15 is 0 Å². The van der Waals surface area contributed by atoms with Crippen LogP contribution < -0.4 is 0 Å². The van der Waals surface area contributed by atoms with Gasteiger partial charge in [0.25, 0.3) is 0 Å². The summed E-state index contributed by atoms with van der Waals surface area (Å²) in [6.45, 7) is 0. The molecule has 0 aliphatic rings. The van der Waals surface area contributed by atoms with Gasteiger partial charge in [-0.1, -0.05) is 0 Å². The highest BCUT2D eigenvalue weighted by atomic mass is 31.1. The summed E-state index contributed by atoms with van der Waals surface area (Å²) < 4.78 is 10.3. The van der Waals surface area contributed by atoms with Gasteiger partial charge in [0.2, 0.25) is 0 Å². The molecule has 1 aromatic heterocycles. The predicted octanol–water partition coefficient (Wildman–Crippen LogP) is 2.46. The predicted molar refractivity (Wildman–Crippen MR) is 53.0 cm³/mol. The summed E-state index contributed by atoms with van der Waals surface area (Å²) in [4.78, 5) is 11.7. The molecule has 2 N–H and O–H groups in total. The number of H-pyrrole nitrogens is 1. The standard InChI is InChI=1S/C9H14NO2P/c11-13(12)8-3-1-2-5-9-6-4-7-10-9/h4,6-7,10H,1-3,5,8H2/p+1. The number of aromatic amines is 1. The first-order valence-electron chi connectivity index (χ1n) is 4.55. The van der Waals surface area contributed by atoms with E-state index < -0.39 is 8.03 Å². The third-order valence-electron chi connectivity index (χ3n) is 1.96. The average molecular weight is 200 g/mol. The van der Waals surface area contributed by atoms with Gasteiger partial charge < -0.3 is 4.98 Å². The lowest BCUT2D eigenvalue weighted by molar-refractivity contribution is 0.499. The van der Waals surface area contributed by atoms with Crippen molar-refractivity contribution in [1.29, 1.82) is 0 Å². The molecule has 1 unspecified atom stereocenters. The minimum atomic E-state index is -1.92. The lowest BCUT2D eigenvalue weighted by Crippen LogP contribution is -1.86. The molecule has 0 aliphatic heterocycles. The molecule has 0 saturated heterocycles. The van der Waals surface area contributed by atoms with Gasteiger partial charge in [-0.25, -0.2) is 0 Å². The summed E-state index contributed by atoms with van der Waals surface area (Å²) >= 11 is 0. The Morgan fingerprint density at radius 1 is 1.38 bits per heavy atom. The zero-order valence-corrected chi connectivity index (χ0v) is 8.46. The van der Waals surface area contributed by atoms with Crippen LogP contribution in [0.5, 0.6) is 0 Å². The first-order chi connectivity index (χ1) is 6.29. The minimum absolute atomic E-state index is 0.445. The molecule has 3 nitrogen and oxygen atoms in total. The minimum Gasteiger partial charge on any atom is -0.365 e. The summed E-state index contributed by atoms with van der Waals surface area (Å²) in [7, 11) is -1.92. The monoisotopic (exact) mass is 200 g/mol. The van der Waals surface area contributed by atoms with E-state index in [1.165, 1.54) is 5.69 Å². The van der Waals surface area contributed by atoms with E-state index in [-0.39, 0.29) is 0 Å². The van der Waals surface area contributed by atoms with Crippen molar-refractivity contribution in [2.75, 3.05) is 6.16 Å². The molecule has 1 atom stereocenters. The van der Waals surface area contributed by atoms with Crippen LogP contribution in [0.1, 0.15) is 25.0 Å². The number of rotatable bonds is 6. The molecule has 0 aliphatic carbocycles. The van der Waals surface area contributed by atoms with Crippen molar-refractivity contribution in [2.45, 2.75) is 25.7 Å². The van der Waals surface area contributed by atoms with Gasteiger partial charge in [0.15, 0.2) is 6.16 Å². The fourth-order valence-corrected chi connectivity index (χ4v) is 1.76. The van der Waals surface area contributed by atoms with E-state index in [9.17, 15) is 4.57 Å². The first kappa shape index (κ1) is 10.4. The summed E-state index contributed by atoms with van der Waals surface area (Å²) in [5, 5.41) is 0. The Balaban J connectivity index is 1.99. The van der Waals surface area contributed by atoms with Crippen LogP contribution in [0.4, 0.5) is 0 Å². The Morgan fingerprint density at radius 3 is 2.85 bits per heavy atom. The van der Waals surface area contributed by atoms with Gasteiger partial charge in [0.1, 0.15) is 0 Å². The van der Waals surface area contributed by atoms with Crippen molar-refractivity contribution in [3.63, 3.8) is 0 Å². The van der Waals surface area contributed by atoms with Crippen molar-refractivity contribution in [1.82, 2.24) is 4.98 Å². The van der Waals surface area contributed by atoms with Crippen molar-refractivity contribution in [3.05, 3.63) is 24.0 Å². The van der Waals surface area contributed by atoms with Gasteiger partial charge in [0, 0.05) is 11.9 Å². The SMILES string of the molecule is O=[P+](O)CCCCCc1ccc[nH]1. The molecule has 1 aromatic rings. The van der Waals surface area contributed by atoms with E-state index in [2.05, 4.69) is 11.1 Å². The van der Waals surface area contributed by atoms with E-state index in [1.54, 1.807) is 0 Å². The molecule has 0 aromatic carbocycles. The van der Waals surface area contributed by atoms with Crippen LogP contribution in [0.2, 0.25) is 0 Å². The molecule has 0 saturated carbocycles. The van der Waals surface area contributed by atoms with Gasteiger partial charge >= 0.3 is 8.03 Å². The zero-order valence-electron chi connectivity index (χ0n) is 7.57. The lowest BCUT2D eigenvalue weighted by Gasteiger charge is -1.95. The molecule has 0 amide bonds.